The van der Waals surface area contributed by atoms with E-state index in [1.807, 2.05) is 0 Å². The Hall–Kier alpha value is -2.30. The zero-order chi connectivity index (χ0) is 11.3. The summed E-state index contributed by atoms with van der Waals surface area (Å²) in [6.07, 6.45) is 0. The number of furan rings is 1. The summed E-state index contributed by atoms with van der Waals surface area (Å²) >= 11 is 0. The van der Waals surface area contributed by atoms with Gasteiger partial charge in [0, 0.05) is 11.5 Å². The first kappa shape index (κ1) is 8.96. The van der Waals surface area contributed by atoms with Gasteiger partial charge in [0.15, 0.2) is 17.0 Å². The number of carboxylic acid groups (broad SMARTS) is 1. The lowest BCUT2D eigenvalue weighted by molar-refractivity contribution is 0.0691. The molecule has 0 bridgehead atoms. The highest BCUT2D eigenvalue weighted by Crippen LogP contribution is 2.30. The van der Waals surface area contributed by atoms with Gasteiger partial charge in [-0.2, -0.15) is 0 Å². The number of para-hydroxylation sites is 1. The number of H-pyrrole nitrogens is 1. The molecule has 16 heavy (non-hydrogen) atoms. The van der Waals surface area contributed by atoms with E-state index in [2.05, 4.69) is 4.98 Å². The maximum Gasteiger partial charge on any atom is 0.352 e. The number of aromatic carboxylic acids is 1. The number of aromatic nitrogens is 1. The van der Waals surface area contributed by atoms with E-state index in [9.17, 15) is 9.18 Å². The molecule has 80 valence electrons. The second-order valence-electron chi connectivity index (χ2n) is 3.45. The lowest BCUT2D eigenvalue weighted by atomic mass is 10.2. The normalized spacial score (nSPS) is 11.3. The van der Waals surface area contributed by atoms with Crippen molar-refractivity contribution in [3.05, 3.63) is 35.8 Å². The third-order valence-corrected chi connectivity index (χ3v) is 2.46. The van der Waals surface area contributed by atoms with Crippen molar-refractivity contribution in [3.63, 3.8) is 0 Å². The van der Waals surface area contributed by atoms with Crippen molar-refractivity contribution in [3.8, 4) is 0 Å². The van der Waals surface area contributed by atoms with Gasteiger partial charge in [0.05, 0.1) is 5.52 Å². The van der Waals surface area contributed by atoms with Crippen molar-refractivity contribution < 1.29 is 18.7 Å². The Labute approximate surface area is 88.3 Å². The molecule has 1 aromatic carbocycles. The molecule has 0 amide bonds. The van der Waals surface area contributed by atoms with E-state index in [-0.39, 0.29) is 11.3 Å². The smallest absolute Gasteiger partial charge is 0.352 e. The molecule has 2 aromatic heterocycles. The van der Waals surface area contributed by atoms with Crippen LogP contribution in [0.4, 0.5) is 4.39 Å². The monoisotopic (exact) mass is 219 g/mol. The number of hydrogen-bond acceptors (Lipinski definition) is 2. The van der Waals surface area contributed by atoms with E-state index >= 15 is 0 Å². The van der Waals surface area contributed by atoms with Gasteiger partial charge in [-0.1, -0.05) is 6.07 Å². The summed E-state index contributed by atoms with van der Waals surface area (Å²) in [6.45, 7) is 0. The molecule has 0 saturated heterocycles. The maximum atomic E-state index is 13.3. The van der Waals surface area contributed by atoms with E-state index in [1.165, 1.54) is 12.1 Å². The third kappa shape index (κ3) is 1.05. The van der Waals surface area contributed by atoms with Gasteiger partial charge >= 0.3 is 5.97 Å². The fourth-order valence-electron chi connectivity index (χ4n) is 1.75. The average Bonchev–Trinajstić information content (AvgIpc) is 2.76. The van der Waals surface area contributed by atoms with Crippen LogP contribution in [0.2, 0.25) is 0 Å². The van der Waals surface area contributed by atoms with Crippen LogP contribution in [0, 0.1) is 5.82 Å². The number of halogens is 1. The third-order valence-electron chi connectivity index (χ3n) is 2.46. The quantitative estimate of drug-likeness (QED) is 0.661. The van der Waals surface area contributed by atoms with Crippen LogP contribution < -0.4 is 0 Å². The number of hydrogen-bond donors (Lipinski definition) is 2. The first-order chi connectivity index (χ1) is 7.66. The van der Waals surface area contributed by atoms with Gasteiger partial charge in [-0.05, 0) is 12.1 Å². The van der Waals surface area contributed by atoms with E-state index < -0.39 is 11.8 Å². The first-order valence-corrected chi connectivity index (χ1v) is 4.60. The summed E-state index contributed by atoms with van der Waals surface area (Å²) in [5.41, 5.74) is 1.02. The highest BCUT2D eigenvalue weighted by molar-refractivity contribution is 6.05. The molecule has 0 atom stereocenters. The maximum absolute atomic E-state index is 13.3. The molecule has 0 fully saturated rings. The van der Waals surface area contributed by atoms with Crippen LogP contribution >= 0.6 is 0 Å². The van der Waals surface area contributed by atoms with E-state index in [0.29, 0.717) is 16.5 Å². The standard InChI is InChI=1S/C11H6FNO3/c12-6-3-1-2-5-9-8(16-10(5)6)4-7(13-9)11(14)15/h1-4,13H,(H,14,15). The van der Waals surface area contributed by atoms with Crippen molar-refractivity contribution in [2.24, 2.45) is 0 Å². The van der Waals surface area contributed by atoms with Crippen LogP contribution in [0.3, 0.4) is 0 Å². The number of aromatic amines is 1. The van der Waals surface area contributed by atoms with Gasteiger partial charge in [0.25, 0.3) is 0 Å². The molecule has 0 saturated carbocycles. The fraction of sp³-hybridized carbons (Fsp3) is 0. The Morgan fingerprint density at radius 2 is 2.25 bits per heavy atom. The van der Waals surface area contributed by atoms with Gasteiger partial charge in [-0.25, -0.2) is 9.18 Å². The number of fused-ring (bicyclic) bond motifs is 3. The lowest BCUT2D eigenvalue weighted by Crippen LogP contribution is -1.95. The topological polar surface area (TPSA) is 66.2 Å². The van der Waals surface area contributed by atoms with Crippen LogP contribution in [0.1, 0.15) is 10.5 Å². The van der Waals surface area contributed by atoms with Gasteiger partial charge in [-0.3, -0.25) is 0 Å². The van der Waals surface area contributed by atoms with E-state index in [4.69, 9.17) is 9.52 Å². The molecule has 0 aliphatic carbocycles. The van der Waals surface area contributed by atoms with Gasteiger partial charge < -0.3 is 14.5 Å². The Morgan fingerprint density at radius 1 is 1.44 bits per heavy atom. The lowest BCUT2D eigenvalue weighted by Gasteiger charge is -1.90. The number of nitrogens with one attached hydrogen (secondary N) is 1. The Morgan fingerprint density at radius 3 is 3.00 bits per heavy atom. The Kier molecular flexibility index (Phi) is 1.60. The zero-order valence-electron chi connectivity index (χ0n) is 7.95. The molecule has 0 radical (unpaired) electrons. The van der Waals surface area contributed by atoms with Crippen molar-refractivity contribution >= 4 is 28.0 Å². The van der Waals surface area contributed by atoms with E-state index in [1.54, 1.807) is 12.1 Å². The molecule has 5 heteroatoms. The minimum absolute atomic E-state index is 0.0277. The second kappa shape index (κ2) is 2.85. The summed E-state index contributed by atoms with van der Waals surface area (Å²) < 4.78 is 18.6. The molecule has 4 nitrogen and oxygen atoms in total. The molecular weight excluding hydrogens is 213 g/mol. The summed E-state index contributed by atoms with van der Waals surface area (Å²) in [5, 5.41) is 9.33. The summed E-state index contributed by atoms with van der Waals surface area (Å²) in [4.78, 5) is 13.4. The van der Waals surface area contributed by atoms with Crippen LogP contribution in [0.15, 0.2) is 28.7 Å². The largest absolute Gasteiger partial charge is 0.477 e. The van der Waals surface area contributed by atoms with Gasteiger partial charge in [0.2, 0.25) is 0 Å². The number of benzene rings is 1. The minimum atomic E-state index is -1.07. The number of carbonyl (C=O) groups is 1. The molecule has 2 heterocycles. The van der Waals surface area contributed by atoms with Crippen LogP contribution in [-0.2, 0) is 0 Å². The van der Waals surface area contributed by atoms with Gasteiger partial charge in [0.1, 0.15) is 5.69 Å². The van der Waals surface area contributed by atoms with Crippen molar-refractivity contribution in [1.29, 1.82) is 0 Å². The molecule has 0 unspecified atom stereocenters. The van der Waals surface area contributed by atoms with Crippen molar-refractivity contribution in [2.75, 3.05) is 0 Å². The Balaban J connectivity index is 2.43. The highest BCUT2D eigenvalue weighted by atomic mass is 19.1. The average molecular weight is 219 g/mol. The predicted molar refractivity (Wildman–Crippen MR) is 55.0 cm³/mol. The second-order valence-corrected chi connectivity index (χ2v) is 3.45. The fourth-order valence-corrected chi connectivity index (χ4v) is 1.75. The molecular formula is C11H6FNO3. The zero-order valence-corrected chi connectivity index (χ0v) is 7.95. The first-order valence-electron chi connectivity index (χ1n) is 4.60. The Bertz CT molecular complexity index is 710. The summed E-state index contributed by atoms with van der Waals surface area (Å²) in [6, 6.07) is 5.86. The van der Waals surface area contributed by atoms with Crippen LogP contribution in [0.25, 0.3) is 22.1 Å². The van der Waals surface area contributed by atoms with Crippen molar-refractivity contribution in [2.45, 2.75) is 0 Å². The number of carboxylic acids is 1. The molecule has 0 aliphatic heterocycles. The van der Waals surface area contributed by atoms with Crippen LogP contribution in [-0.4, -0.2) is 16.1 Å². The van der Waals surface area contributed by atoms with E-state index in [0.717, 1.165) is 0 Å². The SMILES string of the molecule is O=C(O)c1cc2oc3c(F)cccc3c2[nH]1. The molecule has 3 aromatic rings. The summed E-state index contributed by atoms with van der Waals surface area (Å²) in [7, 11) is 0. The highest BCUT2D eigenvalue weighted by Gasteiger charge is 2.15. The summed E-state index contributed by atoms with van der Waals surface area (Å²) in [5.74, 6) is -1.53. The predicted octanol–water partition coefficient (Wildman–Crippen LogP) is 2.75. The van der Waals surface area contributed by atoms with Gasteiger partial charge in [-0.15, -0.1) is 0 Å². The minimum Gasteiger partial charge on any atom is -0.477 e. The molecule has 0 spiro atoms. The molecule has 3 rings (SSSR count). The number of rotatable bonds is 1. The molecule has 2 N–H and O–H groups in total. The van der Waals surface area contributed by atoms with Crippen LogP contribution in [0.5, 0.6) is 0 Å². The molecule has 0 aliphatic rings. The van der Waals surface area contributed by atoms with Crippen molar-refractivity contribution in [1.82, 2.24) is 4.98 Å².